The van der Waals surface area contributed by atoms with E-state index in [-0.39, 0.29) is 11.4 Å². The summed E-state index contributed by atoms with van der Waals surface area (Å²) in [6.45, 7) is 2.43. The number of nitrogens with zero attached hydrogens (tertiary/aromatic N) is 6. The fourth-order valence-corrected chi connectivity index (χ4v) is 3.49. The van der Waals surface area contributed by atoms with Crippen LogP contribution in [0.5, 0.6) is 0 Å². The second-order valence-corrected chi connectivity index (χ2v) is 7.01. The number of halogens is 2. The summed E-state index contributed by atoms with van der Waals surface area (Å²) < 4.78 is 30.1. The molecule has 0 bridgehead atoms. The molecule has 4 rings (SSSR count). The van der Waals surface area contributed by atoms with E-state index in [1.165, 1.54) is 34.2 Å². The molecule has 9 heteroatoms. The van der Waals surface area contributed by atoms with Crippen LogP contribution < -0.4 is 5.56 Å². The van der Waals surface area contributed by atoms with Crippen molar-refractivity contribution in [1.29, 1.82) is 0 Å². The number of rotatable bonds is 5. The van der Waals surface area contributed by atoms with Gasteiger partial charge in [-0.3, -0.25) is 9.69 Å². The number of aromatic nitrogens is 5. The number of benzene rings is 1. The largest absolute Gasteiger partial charge is 0.299 e. The molecule has 7 nitrogen and oxygen atoms in total. The zero-order chi connectivity index (χ0) is 19.5. The number of hydrogen-bond acceptors (Lipinski definition) is 5. The highest BCUT2D eigenvalue weighted by Gasteiger charge is 2.21. The van der Waals surface area contributed by atoms with Crippen LogP contribution in [0.2, 0.25) is 0 Å². The van der Waals surface area contributed by atoms with E-state index in [0.29, 0.717) is 30.4 Å². The summed E-state index contributed by atoms with van der Waals surface area (Å²) in [7, 11) is 0. The summed E-state index contributed by atoms with van der Waals surface area (Å²) in [5.74, 6) is 0.0223. The SMILES string of the molecule is O=c1ccc(-n2cncn2)nn1CC1CCN(Cc2cc(F)ccc2F)CC1. The van der Waals surface area contributed by atoms with Gasteiger partial charge in [-0.2, -0.15) is 5.10 Å². The summed E-state index contributed by atoms with van der Waals surface area (Å²) in [6, 6.07) is 6.64. The molecule has 0 spiro atoms. The first-order valence-corrected chi connectivity index (χ1v) is 9.18. The van der Waals surface area contributed by atoms with Crippen molar-refractivity contribution in [3.05, 3.63) is 70.5 Å². The third kappa shape index (κ3) is 4.14. The number of piperidine rings is 1. The Kier molecular flexibility index (Phi) is 5.25. The maximum absolute atomic E-state index is 13.8. The monoisotopic (exact) mass is 386 g/mol. The Morgan fingerprint density at radius 2 is 1.93 bits per heavy atom. The third-order valence-electron chi connectivity index (χ3n) is 5.05. The highest BCUT2D eigenvalue weighted by atomic mass is 19.1. The minimum atomic E-state index is -0.427. The molecule has 3 heterocycles. The summed E-state index contributed by atoms with van der Waals surface area (Å²) in [6.07, 6.45) is 4.66. The molecule has 146 valence electrons. The van der Waals surface area contributed by atoms with Crippen LogP contribution in [-0.4, -0.2) is 42.5 Å². The molecule has 2 aromatic heterocycles. The molecule has 28 heavy (non-hydrogen) atoms. The standard InChI is InChI=1S/C19H20F2N6O/c20-16-1-2-17(21)15(9-16)11-25-7-5-14(6-8-25)10-26-19(28)4-3-18(24-26)27-13-22-12-23-27/h1-4,9,12-14H,5-8,10-11H2. The van der Waals surface area contributed by atoms with Crippen LogP contribution >= 0.6 is 0 Å². The Balaban J connectivity index is 1.38. The fourth-order valence-electron chi connectivity index (χ4n) is 3.49. The van der Waals surface area contributed by atoms with Crippen molar-refractivity contribution in [2.45, 2.75) is 25.9 Å². The van der Waals surface area contributed by atoms with Gasteiger partial charge in [0.25, 0.3) is 5.56 Å². The molecule has 0 atom stereocenters. The van der Waals surface area contributed by atoms with Gasteiger partial charge in [0, 0.05) is 24.7 Å². The van der Waals surface area contributed by atoms with E-state index in [2.05, 4.69) is 20.1 Å². The lowest BCUT2D eigenvalue weighted by Crippen LogP contribution is -2.36. The van der Waals surface area contributed by atoms with Gasteiger partial charge < -0.3 is 0 Å². The Bertz CT molecular complexity index is 996. The van der Waals surface area contributed by atoms with Crippen LogP contribution in [0.25, 0.3) is 5.82 Å². The van der Waals surface area contributed by atoms with Crippen molar-refractivity contribution in [1.82, 2.24) is 29.4 Å². The van der Waals surface area contributed by atoms with Crippen molar-refractivity contribution in [2.75, 3.05) is 13.1 Å². The predicted octanol–water partition coefficient (Wildman–Crippen LogP) is 2.01. The Morgan fingerprint density at radius 1 is 1.11 bits per heavy atom. The first-order chi connectivity index (χ1) is 13.6. The molecule has 0 radical (unpaired) electrons. The molecule has 1 aliphatic rings. The van der Waals surface area contributed by atoms with E-state index in [1.807, 2.05) is 0 Å². The van der Waals surface area contributed by atoms with Gasteiger partial charge in [-0.05, 0) is 56.1 Å². The summed E-state index contributed by atoms with van der Waals surface area (Å²) >= 11 is 0. The number of likely N-dealkylation sites (tertiary alicyclic amines) is 1. The van der Waals surface area contributed by atoms with Crippen LogP contribution in [0.15, 0.2) is 47.8 Å². The smallest absolute Gasteiger partial charge is 0.266 e. The summed E-state index contributed by atoms with van der Waals surface area (Å²) in [4.78, 5) is 18.2. The lowest BCUT2D eigenvalue weighted by molar-refractivity contribution is 0.162. The average molecular weight is 386 g/mol. The molecular formula is C19H20F2N6O. The van der Waals surface area contributed by atoms with Gasteiger partial charge in [0.15, 0.2) is 5.82 Å². The van der Waals surface area contributed by atoms with Crippen LogP contribution in [-0.2, 0) is 13.1 Å². The van der Waals surface area contributed by atoms with E-state index >= 15 is 0 Å². The minimum Gasteiger partial charge on any atom is -0.299 e. The van der Waals surface area contributed by atoms with Crippen molar-refractivity contribution in [2.24, 2.45) is 5.92 Å². The predicted molar refractivity (Wildman–Crippen MR) is 97.8 cm³/mol. The average Bonchev–Trinajstić information content (AvgIpc) is 3.23. The van der Waals surface area contributed by atoms with E-state index in [9.17, 15) is 13.6 Å². The van der Waals surface area contributed by atoms with Gasteiger partial charge in [-0.1, -0.05) is 0 Å². The summed E-state index contributed by atoms with van der Waals surface area (Å²) in [5.41, 5.74) is 0.213. The van der Waals surface area contributed by atoms with Gasteiger partial charge >= 0.3 is 0 Å². The van der Waals surface area contributed by atoms with Gasteiger partial charge in [-0.15, -0.1) is 5.10 Å². The van der Waals surface area contributed by atoms with Crippen LogP contribution in [0.3, 0.4) is 0 Å². The van der Waals surface area contributed by atoms with Gasteiger partial charge in [0.1, 0.15) is 24.3 Å². The lowest BCUT2D eigenvalue weighted by Gasteiger charge is -2.32. The second-order valence-electron chi connectivity index (χ2n) is 7.01. The van der Waals surface area contributed by atoms with E-state index in [0.717, 1.165) is 38.1 Å². The minimum absolute atomic E-state index is 0.159. The quantitative estimate of drug-likeness (QED) is 0.671. The molecule has 3 aromatic rings. The van der Waals surface area contributed by atoms with E-state index in [1.54, 1.807) is 6.07 Å². The second kappa shape index (κ2) is 7.97. The van der Waals surface area contributed by atoms with Crippen LogP contribution in [0.1, 0.15) is 18.4 Å². The van der Waals surface area contributed by atoms with Crippen molar-refractivity contribution < 1.29 is 8.78 Å². The van der Waals surface area contributed by atoms with Crippen molar-refractivity contribution >= 4 is 0 Å². The third-order valence-corrected chi connectivity index (χ3v) is 5.05. The highest BCUT2D eigenvalue weighted by Crippen LogP contribution is 2.21. The molecule has 0 N–H and O–H groups in total. The lowest BCUT2D eigenvalue weighted by atomic mass is 9.96. The molecule has 0 amide bonds. The molecule has 1 aromatic carbocycles. The molecule has 1 saturated heterocycles. The Labute approximate surface area is 160 Å². The molecule has 0 unspecified atom stereocenters. The van der Waals surface area contributed by atoms with Crippen LogP contribution in [0, 0.1) is 17.6 Å². The first-order valence-electron chi connectivity index (χ1n) is 9.18. The topological polar surface area (TPSA) is 68.8 Å². The van der Waals surface area contributed by atoms with Gasteiger partial charge in [0.2, 0.25) is 0 Å². The van der Waals surface area contributed by atoms with Crippen molar-refractivity contribution in [3.63, 3.8) is 0 Å². The van der Waals surface area contributed by atoms with E-state index in [4.69, 9.17) is 0 Å². The molecular weight excluding hydrogens is 366 g/mol. The Morgan fingerprint density at radius 3 is 2.68 bits per heavy atom. The maximum Gasteiger partial charge on any atom is 0.266 e. The zero-order valence-corrected chi connectivity index (χ0v) is 15.2. The normalized spacial score (nSPS) is 15.8. The zero-order valence-electron chi connectivity index (χ0n) is 15.2. The van der Waals surface area contributed by atoms with Gasteiger partial charge in [0.05, 0.1) is 0 Å². The molecule has 0 saturated carbocycles. The fraction of sp³-hybridized carbons (Fsp3) is 0.368. The first kappa shape index (κ1) is 18.4. The van der Waals surface area contributed by atoms with Gasteiger partial charge in [-0.25, -0.2) is 23.1 Å². The maximum atomic E-state index is 13.8. The number of hydrogen-bond donors (Lipinski definition) is 0. The molecule has 1 fully saturated rings. The molecule has 0 aliphatic carbocycles. The van der Waals surface area contributed by atoms with E-state index < -0.39 is 5.82 Å². The van der Waals surface area contributed by atoms with Crippen LogP contribution in [0.4, 0.5) is 8.78 Å². The summed E-state index contributed by atoms with van der Waals surface area (Å²) in [5, 5.41) is 8.41. The molecule has 1 aliphatic heterocycles. The Hall–Kier alpha value is -2.94. The highest BCUT2D eigenvalue weighted by molar-refractivity contribution is 5.19. The van der Waals surface area contributed by atoms with Crippen molar-refractivity contribution in [3.8, 4) is 5.82 Å².